The molecule has 2 unspecified atom stereocenters. The third-order valence-corrected chi connectivity index (χ3v) is 3.80. The van der Waals surface area contributed by atoms with Crippen molar-refractivity contribution in [1.29, 1.82) is 0 Å². The van der Waals surface area contributed by atoms with Gasteiger partial charge in [-0.05, 0) is 31.0 Å². The average Bonchev–Trinajstić information content (AvgIpc) is 2.71. The monoisotopic (exact) mass is 224 g/mol. The number of aliphatic hydroxyl groups excluding tert-OH is 1. The fourth-order valence-corrected chi connectivity index (χ4v) is 2.68. The summed E-state index contributed by atoms with van der Waals surface area (Å²) in [6.45, 7) is 3.54. The molecule has 15 heavy (non-hydrogen) atoms. The van der Waals surface area contributed by atoms with Gasteiger partial charge in [0.1, 0.15) is 0 Å². The smallest absolute Gasteiger partial charge is 0.0761 e. The normalized spacial score (nSPS) is 22.9. The number of hydrogen-bond donors (Lipinski definition) is 1. The van der Waals surface area contributed by atoms with Crippen molar-refractivity contribution in [2.45, 2.75) is 29.6 Å². The Morgan fingerprint density at radius 3 is 2.67 bits per heavy atom. The summed E-state index contributed by atoms with van der Waals surface area (Å²) in [5.74, 6) is 0. The summed E-state index contributed by atoms with van der Waals surface area (Å²) < 4.78 is 5.33. The molecule has 0 radical (unpaired) electrons. The number of thioether (sulfide) groups is 1. The van der Waals surface area contributed by atoms with E-state index in [0.717, 1.165) is 25.2 Å². The van der Waals surface area contributed by atoms with E-state index in [4.69, 9.17) is 4.74 Å². The fourth-order valence-electron chi connectivity index (χ4n) is 1.62. The molecule has 2 rings (SSSR count). The molecule has 82 valence electrons. The van der Waals surface area contributed by atoms with Crippen molar-refractivity contribution in [1.82, 2.24) is 0 Å². The molecule has 2 atom stereocenters. The SMILES string of the molecule is CC(O)c1ccc(SC2CCOC2)cc1. The van der Waals surface area contributed by atoms with Crippen LogP contribution in [0.25, 0.3) is 0 Å². The van der Waals surface area contributed by atoms with Crippen molar-refractivity contribution in [2.24, 2.45) is 0 Å². The first-order chi connectivity index (χ1) is 7.25. The van der Waals surface area contributed by atoms with Crippen molar-refractivity contribution in [3.8, 4) is 0 Å². The molecule has 0 aliphatic carbocycles. The van der Waals surface area contributed by atoms with Crippen LogP contribution in [-0.4, -0.2) is 23.6 Å². The average molecular weight is 224 g/mol. The third-order valence-electron chi connectivity index (χ3n) is 2.55. The van der Waals surface area contributed by atoms with E-state index in [-0.39, 0.29) is 6.10 Å². The minimum Gasteiger partial charge on any atom is -0.389 e. The molecule has 1 aromatic carbocycles. The van der Waals surface area contributed by atoms with Gasteiger partial charge in [-0.2, -0.15) is 0 Å². The summed E-state index contributed by atoms with van der Waals surface area (Å²) in [6.07, 6.45) is 0.766. The first-order valence-corrected chi connectivity index (χ1v) is 6.16. The van der Waals surface area contributed by atoms with Crippen LogP contribution < -0.4 is 0 Å². The van der Waals surface area contributed by atoms with Gasteiger partial charge in [0.15, 0.2) is 0 Å². The number of hydrogen-bond acceptors (Lipinski definition) is 3. The molecular weight excluding hydrogens is 208 g/mol. The first-order valence-electron chi connectivity index (χ1n) is 5.28. The minimum atomic E-state index is -0.376. The lowest BCUT2D eigenvalue weighted by Gasteiger charge is -2.09. The summed E-state index contributed by atoms with van der Waals surface area (Å²) in [4.78, 5) is 1.26. The third kappa shape index (κ3) is 2.97. The van der Waals surface area contributed by atoms with Crippen LogP contribution in [0.1, 0.15) is 25.0 Å². The van der Waals surface area contributed by atoms with Crippen molar-refractivity contribution in [3.05, 3.63) is 29.8 Å². The van der Waals surface area contributed by atoms with Gasteiger partial charge in [-0.1, -0.05) is 12.1 Å². The highest BCUT2D eigenvalue weighted by Crippen LogP contribution is 2.29. The van der Waals surface area contributed by atoms with Gasteiger partial charge in [0.05, 0.1) is 12.7 Å². The molecule has 1 aliphatic rings. The zero-order chi connectivity index (χ0) is 10.7. The van der Waals surface area contributed by atoms with Crippen molar-refractivity contribution in [3.63, 3.8) is 0 Å². The molecule has 1 saturated heterocycles. The molecule has 1 fully saturated rings. The second-order valence-electron chi connectivity index (χ2n) is 3.85. The number of aliphatic hydroxyl groups is 1. The van der Waals surface area contributed by atoms with E-state index >= 15 is 0 Å². The van der Waals surface area contributed by atoms with Crippen LogP contribution in [0.5, 0.6) is 0 Å². The summed E-state index contributed by atoms with van der Waals surface area (Å²) >= 11 is 1.86. The lowest BCUT2D eigenvalue weighted by atomic mass is 10.1. The van der Waals surface area contributed by atoms with Gasteiger partial charge in [0, 0.05) is 16.8 Å². The molecule has 3 heteroatoms. The van der Waals surface area contributed by atoms with Crippen LogP contribution in [0.15, 0.2) is 29.2 Å². The molecule has 0 bridgehead atoms. The Bertz CT molecular complexity index is 302. The van der Waals surface area contributed by atoms with Crippen molar-refractivity contribution < 1.29 is 9.84 Å². The molecule has 1 aliphatic heterocycles. The maximum Gasteiger partial charge on any atom is 0.0761 e. The van der Waals surface area contributed by atoms with Gasteiger partial charge in [0.2, 0.25) is 0 Å². The molecule has 0 aromatic heterocycles. The Hall–Kier alpha value is -0.510. The Labute approximate surface area is 94.6 Å². The highest BCUT2D eigenvalue weighted by Gasteiger charge is 2.16. The molecule has 2 nitrogen and oxygen atoms in total. The first kappa shape index (κ1) is 11.0. The predicted molar refractivity (Wildman–Crippen MR) is 62.2 cm³/mol. The van der Waals surface area contributed by atoms with Crippen LogP contribution in [0.2, 0.25) is 0 Å². The van der Waals surface area contributed by atoms with E-state index in [1.165, 1.54) is 4.90 Å². The standard InChI is InChI=1S/C12H16O2S/c1-9(13)10-2-4-11(5-3-10)15-12-6-7-14-8-12/h2-5,9,12-13H,6-8H2,1H3. The van der Waals surface area contributed by atoms with E-state index in [9.17, 15) is 5.11 Å². The zero-order valence-corrected chi connectivity index (χ0v) is 9.67. The summed E-state index contributed by atoms with van der Waals surface area (Å²) in [5.41, 5.74) is 0.974. The summed E-state index contributed by atoms with van der Waals surface area (Å²) in [7, 11) is 0. The quantitative estimate of drug-likeness (QED) is 0.856. The van der Waals surface area contributed by atoms with Gasteiger partial charge >= 0.3 is 0 Å². The van der Waals surface area contributed by atoms with E-state index in [0.29, 0.717) is 5.25 Å². The highest BCUT2D eigenvalue weighted by atomic mass is 32.2. The van der Waals surface area contributed by atoms with E-state index in [2.05, 4.69) is 12.1 Å². The molecule has 0 spiro atoms. The molecule has 0 saturated carbocycles. The summed E-state index contributed by atoms with van der Waals surface area (Å²) in [5, 5.41) is 9.97. The second-order valence-corrected chi connectivity index (χ2v) is 5.22. The largest absolute Gasteiger partial charge is 0.389 e. The Kier molecular flexibility index (Phi) is 3.67. The molecule has 1 N–H and O–H groups in total. The number of benzene rings is 1. The fraction of sp³-hybridized carbons (Fsp3) is 0.500. The molecule has 1 heterocycles. The maximum absolute atomic E-state index is 9.37. The van der Waals surface area contributed by atoms with Crippen molar-refractivity contribution >= 4 is 11.8 Å². The van der Waals surface area contributed by atoms with Crippen molar-refractivity contribution in [2.75, 3.05) is 13.2 Å². The topological polar surface area (TPSA) is 29.5 Å². The van der Waals surface area contributed by atoms with Crippen LogP contribution in [-0.2, 0) is 4.74 Å². The Balaban J connectivity index is 1.97. The van der Waals surface area contributed by atoms with Gasteiger partial charge in [-0.25, -0.2) is 0 Å². The number of rotatable bonds is 3. The molecule has 1 aromatic rings. The van der Waals surface area contributed by atoms with Crippen LogP contribution >= 0.6 is 11.8 Å². The zero-order valence-electron chi connectivity index (χ0n) is 8.85. The maximum atomic E-state index is 9.37. The van der Waals surface area contributed by atoms with Gasteiger partial charge in [-0.3, -0.25) is 0 Å². The van der Waals surface area contributed by atoms with Crippen LogP contribution in [0, 0.1) is 0 Å². The number of ether oxygens (including phenoxy) is 1. The van der Waals surface area contributed by atoms with E-state index in [1.807, 2.05) is 23.9 Å². The lowest BCUT2D eigenvalue weighted by Crippen LogP contribution is -2.00. The lowest BCUT2D eigenvalue weighted by molar-refractivity contribution is 0.199. The van der Waals surface area contributed by atoms with Gasteiger partial charge < -0.3 is 9.84 Å². The Morgan fingerprint density at radius 1 is 1.40 bits per heavy atom. The minimum absolute atomic E-state index is 0.376. The Morgan fingerprint density at radius 2 is 2.13 bits per heavy atom. The van der Waals surface area contributed by atoms with Gasteiger partial charge in [-0.15, -0.1) is 11.8 Å². The van der Waals surface area contributed by atoms with Gasteiger partial charge in [0.25, 0.3) is 0 Å². The van der Waals surface area contributed by atoms with Crippen LogP contribution in [0.3, 0.4) is 0 Å². The predicted octanol–water partition coefficient (Wildman–Crippen LogP) is 2.62. The molecule has 0 amide bonds. The van der Waals surface area contributed by atoms with Crippen LogP contribution in [0.4, 0.5) is 0 Å². The van der Waals surface area contributed by atoms with E-state index < -0.39 is 0 Å². The molecular formula is C12H16O2S. The highest BCUT2D eigenvalue weighted by molar-refractivity contribution is 8.00. The second kappa shape index (κ2) is 5.01. The summed E-state index contributed by atoms with van der Waals surface area (Å²) in [6, 6.07) is 8.13. The van der Waals surface area contributed by atoms with E-state index in [1.54, 1.807) is 6.92 Å².